The SMILES string of the molecule is CCCCNC(=O)C(C)N(Cc1ccccc1C)C(=O)CN(c1ccccc1OC)S(=O)(=O)c1ccccc1. The molecule has 39 heavy (non-hydrogen) atoms. The minimum atomic E-state index is -4.15. The van der Waals surface area contributed by atoms with Crippen LogP contribution in [-0.4, -0.2) is 51.4 Å². The van der Waals surface area contributed by atoms with Gasteiger partial charge in [0.15, 0.2) is 0 Å². The number of carbonyl (C=O) groups excluding carboxylic acids is 2. The van der Waals surface area contributed by atoms with Crippen molar-refractivity contribution in [3.8, 4) is 5.75 Å². The Bertz CT molecular complexity index is 1360. The minimum Gasteiger partial charge on any atom is -0.495 e. The molecule has 0 bridgehead atoms. The van der Waals surface area contributed by atoms with Crippen LogP contribution in [0.25, 0.3) is 0 Å². The van der Waals surface area contributed by atoms with E-state index in [0.717, 1.165) is 28.3 Å². The zero-order chi connectivity index (χ0) is 28.4. The van der Waals surface area contributed by atoms with Crippen LogP contribution < -0.4 is 14.4 Å². The Morgan fingerprint density at radius 3 is 2.26 bits per heavy atom. The topological polar surface area (TPSA) is 96.0 Å². The van der Waals surface area contributed by atoms with Crippen LogP contribution in [0.5, 0.6) is 5.75 Å². The summed E-state index contributed by atoms with van der Waals surface area (Å²) in [5.41, 5.74) is 2.06. The Balaban J connectivity index is 2.03. The van der Waals surface area contributed by atoms with Crippen molar-refractivity contribution in [2.45, 2.75) is 51.1 Å². The Morgan fingerprint density at radius 1 is 0.949 bits per heavy atom. The molecule has 3 aromatic rings. The molecule has 0 heterocycles. The van der Waals surface area contributed by atoms with Crippen LogP contribution in [0.2, 0.25) is 0 Å². The van der Waals surface area contributed by atoms with Gasteiger partial charge in [-0.1, -0.05) is 67.9 Å². The molecular weight excluding hydrogens is 514 g/mol. The van der Waals surface area contributed by atoms with Crippen molar-refractivity contribution >= 4 is 27.5 Å². The van der Waals surface area contributed by atoms with Crippen LogP contribution in [0.15, 0.2) is 83.8 Å². The highest BCUT2D eigenvalue weighted by Crippen LogP contribution is 2.32. The molecule has 0 aromatic heterocycles. The number of hydrogen-bond donors (Lipinski definition) is 1. The predicted octanol–water partition coefficient (Wildman–Crippen LogP) is 4.53. The highest BCUT2D eigenvalue weighted by molar-refractivity contribution is 7.92. The average molecular weight is 552 g/mol. The van der Waals surface area contributed by atoms with Crippen molar-refractivity contribution < 1.29 is 22.7 Å². The number of aryl methyl sites for hydroxylation is 1. The van der Waals surface area contributed by atoms with Gasteiger partial charge in [0.2, 0.25) is 11.8 Å². The summed E-state index contributed by atoms with van der Waals surface area (Å²) in [5, 5.41) is 2.89. The fraction of sp³-hybridized carbons (Fsp3) is 0.333. The number of nitrogens with zero attached hydrogens (tertiary/aromatic N) is 2. The van der Waals surface area contributed by atoms with E-state index in [1.165, 1.54) is 24.1 Å². The maximum atomic E-state index is 14.0. The summed E-state index contributed by atoms with van der Waals surface area (Å²) in [4.78, 5) is 28.5. The van der Waals surface area contributed by atoms with Crippen molar-refractivity contribution in [1.29, 1.82) is 0 Å². The second kappa shape index (κ2) is 13.8. The number of sulfonamides is 1. The van der Waals surface area contributed by atoms with Gasteiger partial charge in [-0.2, -0.15) is 0 Å². The van der Waals surface area contributed by atoms with Crippen molar-refractivity contribution in [3.05, 3.63) is 90.0 Å². The molecule has 2 amide bonds. The van der Waals surface area contributed by atoms with E-state index < -0.39 is 28.5 Å². The number of hydrogen-bond acceptors (Lipinski definition) is 5. The Morgan fingerprint density at radius 2 is 1.59 bits per heavy atom. The molecule has 0 saturated heterocycles. The van der Waals surface area contributed by atoms with Gasteiger partial charge in [0.1, 0.15) is 18.3 Å². The number of carbonyl (C=O) groups is 2. The molecule has 3 aromatic carbocycles. The minimum absolute atomic E-state index is 0.0412. The highest BCUT2D eigenvalue weighted by atomic mass is 32.2. The molecule has 0 spiro atoms. The van der Waals surface area contributed by atoms with Crippen molar-refractivity contribution in [2.75, 3.05) is 24.5 Å². The number of anilines is 1. The molecule has 1 atom stereocenters. The lowest BCUT2D eigenvalue weighted by molar-refractivity contribution is -0.139. The normalized spacial score (nSPS) is 11.9. The lowest BCUT2D eigenvalue weighted by Gasteiger charge is -2.32. The van der Waals surface area contributed by atoms with Gasteiger partial charge in [0.05, 0.1) is 17.7 Å². The molecule has 0 aliphatic rings. The zero-order valence-electron chi connectivity index (χ0n) is 23.0. The number of para-hydroxylation sites is 2. The summed E-state index contributed by atoms with van der Waals surface area (Å²) in [7, 11) is -2.71. The van der Waals surface area contributed by atoms with E-state index in [-0.39, 0.29) is 23.0 Å². The van der Waals surface area contributed by atoms with Crippen LogP contribution in [0, 0.1) is 6.92 Å². The smallest absolute Gasteiger partial charge is 0.264 e. The van der Waals surface area contributed by atoms with Gasteiger partial charge in [-0.05, 0) is 55.7 Å². The van der Waals surface area contributed by atoms with E-state index in [1.807, 2.05) is 38.1 Å². The van der Waals surface area contributed by atoms with E-state index in [0.29, 0.717) is 12.3 Å². The standard InChI is InChI=1S/C30H37N3O5S/c1-5-6-20-31-30(35)24(3)32(21-25-15-11-10-14-23(25)2)29(34)22-33(27-18-12-13-19-28(27)38-4)39(36,37)26-16-8-7-9-17-26/h7-19,24H,5-6,20-22H2,1-4H3,(H,31,35). The number of nitrogens with one attached hydrogen (secondary N) is 1. The first-order chi connectivity index (χ1) is 18.7. The van der Waals surface area contributed by atoms with Crippen LogP contribution in [0.3, 0.4) is 0 Å². The zero-order valence-corrected chi connectivity index (χ0v) is 23.8. The van der Waals surface area contributed by atoms with Crippen LogP contribution in [0.4, 0.5) is 5.69 Å². The van der Waals surface area contributed by atoms with E-state index in [1.54, 1.807) is 49.4 Å². The number of rotatable bonds is 13. The maximum absolute atomic E-state index is 14.0. The molecule has 1 unspecified atom stereocenters. The molecule has 0 aliphatic heterocycles. The van der Waals surface area contributed by atoms with Gasteiger partial charge in [-0.25, -0.2) is 8.42 Å². The summed E-state index contributed by atoms with van der Waals surface area (Å²) in [6.45, 7) is 5.77. The molecule has 0 saturated carbocycles. The quantitative estimate of drug-likeness (QED) is 0.315. The van der Waals surface area contributed by atoms with E-state index in [2.05, 4.69) is 5.32 Å². The van der Waals surface area contributed by atoms with Crippen LogP contribution in [-0.2, 0) is 26.2 Å². The van der Waals surface area contributed by atoms with E-state index >= 15 is 0 Å². The predicted molar refractivity (Wildman–Crippen MR) is 153 cm³/mol. The van der Waals surface area contributed by atoms with Gasteiger partial charge in [-0.15, -0.1) is 0 Å². The van der Waals surface area contributed by atoms with Gasteiger partial charge in [0.25, 0.3) is 10.0 Å². The van der Waals surface area contributed by atoms with E-state index in [4.69, 9.17) is 4.74 Å². The fourth-order valence-electron chi connectivity index (χ4n) is 4.16. The third kappa shape index (κ3) is 7.38. The first-order valence-electron chi connectivity index (χ1n) is 13.0. The van der Waals surface area contributed by atoms with Gasteiger partial charge < -0.3 is 15.0 Å². The van der Waals surface area contributed by atoms with Crippen molar-refractivity contribution in [2.24, 2.45) is 0 Å². The van der Waals surface area contributed by atoms with Crippen LogP contribution >= 0.6 is 0 Å². The molecule has 9 heteroatoms. The molecule has 208 valence electrons. The highest BCUT2D eigenvalue weighted by Gasteiger charge is 2.33. The van der Waals surface area contributed by atoms with Crippen molar-refractivity contribution in [1.82, 2.24) is 10.2 Å². The fourth-order valence-corrected chi connectivity index (χ4v) is 5.60. The summed E-state index contributed by atoms with van der Waals surface area (Å²) in [5.74, 6) is -0.498. The lowest BCUT2D eigenvalue weighted by Crippen LogP contribution is -2.51. The Labute approximate surface area is 231 Å². The summed E-state index contributed by atoms with van der Waals surface area (Å²) in [6.07, 6.45) is 1.74. The first kappa shape index (κ1) is 29.7. The third-order valence-electron chi connectivity index (χ3n) is 6.56. The van der Waals surface area contributed by atoms with Gasteiger partial charge >= 0.3 is 0 Å². The third-order valence-corrected chi connectivity index (χ3v) is 8.34. The summed E-state index contributed by atoms with van der Waals surface area (Å²) < 4.78 is 34.2. The maximum Gasteiger partial charge on any atom is 0.264 e. The lowest BCUT2D eigenvalue weighted by atomic mass is 10.1. The Hall–Kier alpha value is -3.85. The monoisotopic (exact) mass is 551 g/mol. The molecule has 8 nitrogen and oxygen atoms in total. The summed E-state index contributed by atoms with van der Waals surface area (Å²) >= 11 is 0. The molecule has 0 aliphatic carbocycles. The molecule has 0 radical (unpaired) electrons. The largest absolute Gasteiger partial charge is 0.495 e. The van der Waals surface area contributed by atoms with Gasteiger partial charge in [0, 0.05) is 13.1 Å². The average Bonchev–Trinajstić information content (AvgIpc) is 2.95. The number of benzene rings is 3. The molecule has 3 rings (SSSR count). The number of amides is 2. The summed E-state index contributed by atoms with van der Waals surface area (Å²) in [6, 6.07) is 21.4. The number of methoxy groups -OCH3 is 1. The second-order valence-corrected chi connectivity index (χ2v) is 11.1. The molecule has 1 N–H and O–H groups in total. The van der Waals surface area contributed by atoms with Crippen LogP contribution in [0.1, 0.15) is 37.8 Å². The number of ether oxygens (including phenoxy) is 1. The molecule has 0 fully saturated rings. The van der Waals surface area contributed by atoms with Crippen molar-refractivity contribution in [3.63, 3.8) is 0 Å². The second-order valence-electron chi connectivity index (χ2n) is 9.27. The number of unbranched alkanes of at least 4 members (excludes halogenated alkanes) is 1. The van der Waals surface area contributed by atoms with E-state index in [9.17, 15) is 18.0 Å². The first-order valence-corrected chi connectivity index (χ1v) is 14.5. The molecular formula is C30H37N3O5S. The Kier molecular flexibility index (Phi) is 10.5. The van der Waals surface area contributed by atoms with Gasteiger partial charge in [-0.3, -0.25) is 13.9 Å².